The Hall–Kier alpha value is -0.510. The lowest BCUT2D eigenvalue weighted by atomic mass is 10.3. The first-order valence-corrected chi connectivity index (χ1v) is 2.71. The van der Waals surface area contributed by atoms with Gasteiger partial charge in [0.2, 0.25) is 0 Å². The predicted octanol–water partition coefficient (Wildman–Crippen LogP) is 1.52. The van der Waals surface area contributed by atoms with Gasteiger partial charge in [-0.05, 0) is 18.6 Å². The van der Waals surface area contributed by atoms with Crippen molar-refractivity contribution in [1.82, 2.24) is 4.98 Å². The Morgan fingerprint density at radius 1 is 1.36 bits per heavy atom. The molecule has 0 bridgehead atoms. The second-order valence-corrected chi connectivity index (χ2v) is 1.90. The van der Waals surface area contributed by atoms with Gasteiger partial charge >= 0.3 is 0 Å². The van der Waals surface area contributed by atoms with Crippen LogP contribution in [0.15, 0.2) is 18.5 Å². The van der Waals surface area contributed by atoms with Crippen LogP contribution in [0, 0.1) is 6.92 Å². The standard InChI is InChI=1S/C6H9N3.2ClH/c1-5-2-6(9-7)4-8-3-5;;/h2-4,9H,7H2,1H3;2*1H. The van der Waals surface area contributed by atoms with Crippen molar-refractivity contribution in [3.8, 4) is 0 Å². The number of hydrogen-bond acceptors (Lipinski definition) is 3. The maximum absolute atomic E-state index is 5.13. The molecule has 0 amide bonds. The van der Waals surface area contributed by atoms with E-state index in [0.29, 0.717) is 0 Å². The van der Waals surface area contributed by atoms with Gasteiger partial charge in [-0.3, -0.25) is 10.8 Å². The summed E-state index contributed by atoms with van der Waals surface area (Å²) in [6.07, 6.45) is 3.45. The number of nitrogen functional groups attached to an aromatic ring is 1. The topological polar surface area (TPSA) is 50.9 Å². The Morgan fingerprint density at radius 3 is 2.36 bits per heavy atom. The number of nitrogens with zero attached hydrogens (tertiary/aromatic N) is 1. The van der Waals surface area contributed by atoms with Crippen LogP contribution >= 0.6 is 24.8 Å². The van der Waals surface area contributed by atoms with E-state index in [4.69, 9.17) is 5.84 Å². The number of rotatable bonds is 1. The van der Waals surface area contributed by atoms with Crippen LogP contribution in [-0.2, 0) is 0 Å². The van der Waals surface area contributed by atoms with Gasteiger partial charge in [-0.2, -0.15) is 0 Å². The molecule has 0 saturated carbocycles. The highest BCUT2D eigenvalue weighted by Crippen LogP contribution is 2.03. The van der Waals surface area contributed by atoms with Crippen LogP contribution in [0.2, 0.25) is 0 Å². The maximum Gasteiger partial charge on any atom is 0.0671 e. The summed E-state index contributed by atoms with van der Waals surface area (Å²) >= 11 is 0. The third kappa shape index (κ3) is 4.03. The van der Waals surface area contributed by atoms with E-state index in [2.05, 4.69) is 10.4 Å². The predicted molar refractivity (Wildman–Crippen MR) is 51.3 cm³/mol. The third-order valence-electron chi connectivity index (χ3n) is 1.04. The first kappa shape index (κ1) is 13.1. The average molecular weight is 196 g/mol. The van der Waals surface area contributed by atoms with Gasteiger partial charge in [-0.15, -0.1) is 24.8 Å². The molecule has 0 atom stereocenters. The molecule has 11 heavy (non-hydrogen) atoms. The molecule has 0 spiro atoms. The molecule has 1 aromatic heterocycles. The van der Waals surface area contributed by atoms with Crippen LogP contribution in [0.4, 0.5) is 5.69 Å². The fraction of sp³-hybridized carbons (Fsp3) is 0.167. The zero-order valence-electron chi connectivity index (χ0n) is 6.07. The Labute approximate surface area is 78.2 Å². The highest BCUT2D eigenvalue weighted by molar-refractivity contribution is 5.85. The molecule has 0 unspecified atom stereocenters. The molecule has 0 saturated heterocycles. The Morgan fingerprint density at radius 2 is 2.00 bits per heavy atom. The molecule has 5 heteroatoms. The molecule has 0 aliphatic carbocycles. The number of pyridine rings is 1. The fourth-order valence-corrected chi connectivity index (χ4v) is 0.634. The molecule has 0 aliphatic rings. The van der Waals surface area contributed by atoms with Crippen molar-refractivity contribution in [3.05, 3.63) is 24.0 Å². The zero-order valence-corrected chi connectivity index (χ0v) is 7.71. The zero-order chi connectivity index (χ0) is 6.69. The van der Waals surface area contributed by atoms with Gasteiger partial charge < -0.3 is 5.43 Å². The van der Waals surface area contributed by atoms with Crippen LogP contribution in [0.25, 0.3) is 0 Å². The molecule has 3 N–H and O–H groups in total. The Kier molecular flexibility index (Phi) is 7.41. The van der Waals surface area contributed by atoms with Gasteiger partial charge in [-0.1, -0.05) is 0 Å². The SMILES string of the molecule is Cc1cncc(NN)c1.Cl.Cl. The number of nitrogens with two attached hydrogens (primary N) is 1. The van der Waals surface area contributed by atoms with Crippen molar-refractivity contribution >= 4 is 30.5 Å². The Balaban J connectivity index is 0. The number of anilines is 1. The lowest BCUT2D eigenvalue weighted by Gasteiger charge is -1.97. The van der Waals surface area contributed by atoms with Crippen molar-refractivity contribution in [3.63, 3.8) is 0 Å². The summed E-state index contributed by atoms with van der Waals surface area (Å²) in [6.45, 7) is 1.97. The second kappa shape index (κ2) is 6.22. The molecular weight excluding hydrogens is 185 g/mol. The summed E-state index contributed by atoms with van der Waals surface area (Å²) in [5.41, 5.74) is 4.45. The van der Waals surface area contributed by atoms with Crippen molar-refractivity contribution in [1.29, 1.82) is 0 Å². The van der Waals surface area contributed by atoms with E-state index in [1.54, 1.807) is 12.4 Å². The number of nitrogens with one attached hydrogen (secondary N) is 1. The molecule has 0 radical (unpaired) electrons. The minimum atomic E-state index is 0. The first-order chi connectivity index (χ1) is 4.33. The molecule has 0 aromatic carbocycles. The minimum Gasteiger partial charge on any atom is -0.323 e. The minimum absolute atomic E-state index is 0. The van der Waals surface area contributed by atoms with E-state index in [1.807, 2.05) is 13.0 Å². The molecule has 64 valence electrons. The first-order valence-electron chi connectivity index (χ1n) is 2.71. The lowest BCUT2D eigenvalue weighted by Crippen LogP contribution is -2.06. The van der Waals surface area contributed by atoms with Crippen molar-refractivity contribution in [2.45, 2.75) is 6.92 Å². The lowest BCUT2D eigenvalue weighted by molar-refractivity contribution is 1.23. The van der Waals surface area contributed by atoms with E-state index in [-0.39, 0.29) is 24.8 Å². The van der Waals surface area contributed by atoms with Gasteiger partial charge in [0.1, 0.15) is 0 Å². The second-order valence-electron chi connectivity index (χ2n) is 1.90. The molecule has 0 aliphatic heterocycles. The maximum atomic E-state index is 5.13. The molecule has 1 aromatic rings. The normalized spacial score (nSPS) is 7.45. The van der Waals surface area contributed by atoms with Crippen LogP contribution < -0.4 is 11.3 Å². The number of aromatic nitrogens is 1. The van der Waals surface area contributed by atoms with Crippen LogP contribution in [0.1, 0.15) is 5.56 Å². The van der Waals surface area contributed by atoms with Crippen molar-refractivity contribution in [2.75, 3.05) is 5.43 Å². The number of hydrogen-bond donors (Lipinski definition) is 2. The number of aryl methyl sites for hydroxylation is 1. The summed E-state index contributed by atoms with van der Waals surface area (Å²) in [5, 5.41) is 0. The third-order valence-corrected chi connectivity index (χ3v) is 1.04. The Bertz CT molecular complexity index is 205. The number of hydrazine groups is 1. The molecule has 1 rings (SSSR count). The van der Waals surface area contributed by atoms with Gasteiger partial charge in [0.25, 0.3) is 0 Å². The van der Waals surface area contributed by atoms with Crippen molar-refractivity contribution < 1.29 is 0 Å². The van der Waals surface area contributed by atoms with E-state index < -0.39 is 0 Å². The molecule has 1 heterocycles. The summed E-state index contributed by atoms with van der Waals surface area (Å²) in [4.78, 5) is 3.91. The van der Waals surface area contributed by atoms with Crippen molar-refractivity contribution in [2.24, 2.45) is 5.84 Å². The molecule has 0 fully saturated rings. The fourth-order valence-electron chi connectivity index (χ4n) is 0.634. The number of halogens is 2. The highest BCUT2D eigenvalue weighted by Gasteiger charge is 1.86. The van der Waals surface area contributed by atoms with Gasteiger partial charge in [0.05, 0.1) is 11.9 Å². The monoisotopic (exact) mass is 195 g/mol. The largest absolute Gasteiger partial charge is 0.323 e. The average Bonchev–Trinajstić information content (AvgIpc) is 1.88. The van der Waals surface area contributed by atoms with Crippen LogP contribution in [0.3, 0.4) is 0 Å². The quantitative estimate of drug-likeness (QED) is 0.528. The summed E-state index contributed by atoms with van der Waals surface area (Å²) in [7, 11) is 0. The van der Waals surface area contributed by atoms with E-state index in [1.165, 1.54) is 0 Å². The van der Waals surface area contributed by atoms with Gasteiger partial charge in [0, 0.05) is 6.20 Å². The van der Waals surface area contributed by atoms with E-state index in [9.17, 15) is 0 Å². The van der Waals surface area contributed by atoms with E-state index >= 15 is 0 Å². The van der Waals surface area contributed by atoms with E-state index in [0.717, 1.165) is 11.3 Å². The summed E-state index contributed by atoms with van der Waals surface area (Å²) < 4.78 is 0. The van der Waals surface area contributed by atoms with Crippen LogP contribution in [0.5, 0.6) is 0 Å². The highest BCUT2D eigenvalue weighted by atomic mass is 35.5. The van der Waals surface area contributed by atoms with Crippen LogP contribution in [-0.4, -0.2) is 4.98 Å². The molecule has 3 nitrogen and oxygen atoms in total. The van der Waals surface area contributed by atoms with Gasteiger partial charge in [-0.25, -0.2) is 0 Å². The summed E-state index contributed by atoms with van der Waals surface area (Å²) in [6, 6.07) is 1.92. The molecular formula is C6H11Cl2N3. The van der Waals surface area contributed by atoms with Gasteiger partial charge in [0.15, 0.2) is 0 Å². The smallest absolute Gasteiger partial charge is 0.0671 e. The summed E-state index contributed by atoms with van der Waals surface area (Å²) in [5.74, 6) is 5.13.